The fourth-order valence-electron chi connectivity index (χ4n) is 2.05. The van der Waals surface area contributed by atoms with E-state index in [9.17, 15) is 4.79 Å². The Kier molecular flexibility index (Phi) is 7.40. The van der Waals surface area contributed by atoms with Gasteiger partial charge in [0.05, 0.1) is 12.3 Å². The van der Waals surface area contributed by atoms with Crippen LogP contribution in [0.2, 0.25) is 0 Å². The average Bonchev–Trinajstić information content (AvgIpc) is 2.63. The molecule has 0 bridgehead atoms. The molecule has 1 aromatic carbocycles. The predicted octanol–water partition coefficient (Wildman–Crippen LogP) is 2.98. The Balaban J connectivity index is 1.91. The third-order valence-corrected chi connectivity index (χ3v) is 3.20. The first kappa shape index (κ1) is 17.6. The van der Waals surface area contributed by atoms with Crippen LogP contribution < -0.4 is 0 Å². The highest BCUT2D eigenvalue weighted by Gasteiger charge is 2.09. The van der Waals surface area contributed by atoms with Crippen LogP contribution in [0.25, 0.3) is 0 Å². The number of nitrogens with zero attached hydrogens (tertiary/aromatic N) is 3. The van der Waals surface area contributed by atoms with Gasteiger partial charge in [-0.1, -0.05) is 35.5 Å². The topological polar surface area (TPSA) is 73.7 Å². The number of carbonyl (C=O) groups is 1. The highest BCUT2D eigenvalue weighted by molar-refractivity contribution is 6.11. The standard InChI is InChI=1S/C18H21N3O3/c1-2-23-17(22)10-6-7-13-24-21-18(15-8-4-3-5-9-15)16-11-12-19-14-20-16/h3-5,8-9,11-12,14H,2,6-7,10,13H2,1H3/b21-18+. The molecule has 1 heterocycles. The van der Waals surface area contributed by atoms with Gasteiger partial charge in [0.2, 0.25) is 0 Å². The first-order valence-electron chi connectivity index (χ1n) is 7.98. The Morgan fingerprint density at radius 2 is 2.00 bits per heavy atom. The molecule has 0 saturated carbocycles. The number of rotatable bonds is 9. The molecule has 24 heavy (non-hydrogen) atoms. The van der Waals surface area contributed by atoms with Gasteiger partial charge in [-0.3, -0.25) is 4.79 Å². The summed E-state index contributed by atoms with van der Waals surface area (Å²) in [6.07, 6.45) is 4.99. The largest absolute Gasteiger partial charge is 0.466 e. The van der Waals surface area contributed by atoms with Crippen molar-refractivity contribution in [2.45, 2.75) is 26.2 Å². The maximum atomic E-state index is 11.2. The molecule has 126 valence electrons. The van der Waals surface area contributed by atoms with Crippen LogP contribution in [0, 0.1) is 0 Å². The summed E-state index contributed by atoms with van der Waals surface area (Å²) in [5.74, 6) is -0.174. The van der Waals surface area contributed by atoms with Crippen LogP contribution in [0.15, 0.2) is 54.1 Å². The van der Waals surface area contributed by atoms with Gasteiger partial charge in [0.15, 0.2) is 0 Å². The highest BCUT2D eigenvalue weighted by Crippen LogP contribution is 2.09. The van der Waals surface area contributed by atoms with Crippen molar-refractivity contribution >= 4 is 11.7 Å². The van der Waals surface area contributed by atoms with E-state index in [4.69, 9.17) is 9.57 Å². The Hall–Kier alpha value is -2.76. The SMILES string of the molecule is CCOC(=O)CCCCO/N=C(\c1ccccc1)c1ccncn1. The normalized spacial score (nSPS) is 11.1. The van der Waals surface area contributed by atoms with Crippen LogP contribution in [0.4, 0.5) is 0 Å². The molecule has 0 aliphatic heterocycles. The number of hydrogen-bond acceptors (Lipinski definition) is 6. The van der Waals surface area contributed by atoms with E-state index in [0.717, 1.165) is 12.0 Å². The number of aromatic nitrogens is 2. The molecule has 0 aliphatic rings. The molecule has 0 radical (unpaired) electrons. The van der Waals surface area contributed by atoms with E-state index in [1.54, 1.807) is 19.2 Å². The van der Waals surface area contributed by atoms with E-state index in [1.807, 2.05) is 30.3 Å². The van der Waals surface area contributed by atoms with Crippen molar-refractivity contribution in [3.8, 4) is 0 Å². The lowest BCUT2D eigenvalue weighted by Gasteiger charge is -2.06. The van der Waals surface area contributed by atoms with Gasteiger partial charge in [0, 0.05) is 18.2 Å². The number of hydrogen-bond donors (Lipinski definition) is 0. The number of carbonyl (C=O) groups excluding carboxylic acids is 1. The molecule has 0 unspecified atom stereocenters. The highest BCUT2D eigenvalue weighted by atomic mass is 16.6. The summed E-state index contributed by atoms with van der Waals surface area (Å²) in [4.78, 5) is 24.8. The molecular formula is C18H21N3O3. The second kappa shape index (κ2) is 10.1. The van der Waals surface area contributed by atoms with Crippen molar-refractivity contribution in [3.05, 3.63) is 60.2 Å². The van der Waals surface area contributed by atoms with Crippen molar-refractivity contribution in [1.82, 2.24) is 9.97 Å². The van der Waals surface area contributed by atoms with Gasteiger partial charge in [-0.15, -0.1) is 0 Å². The number of benzene rings is 1. The lowest BCUT2D eigenvalue weighted by molar-refractivity contribution is -0.143. The minimum atomic E-state index is -0.174. The summed E-state index contributed by atoms with van der Waals surface area (Å²) < 4.78 is 4.88. The van der Waals surface area contributed by atoms with Crippen LogP contribution in [-0.4, -0.2) is 34.9 Å². The molecule has 2 rings (SSSR count). The third kappa shape index (κ3) is 5.79. The Morgan fingerprint density at radius 3 is 2.71 bits per heavy atom. The van der Waals surface area contributed by atoms with Gasteiger partial charge in [0.25, 0.3) is 0 Å². The Morgan fingerprint density at radius 1 is 1.17 bits per heavy atom. The maximum absolute atomic E-state index is 11.2. The van der Waals surface area contributed by atoms with Crippen LogP contribution >= 0.6 is 0 Å². The molecule has 6 heteroatoms. The van der Waals surface area contributed by atoms with Crippen molar-refractivity contribution in [3.63, 3.8) is 0 Å². The summed E-state index contributed by atoms with van der Waals surface area (Å²) in [6, 6.07) is 11.5. The molecule has 0 atom stereocenters. The molecule has 2 aromatic rings. The fraction of sp³-hybridized carbons (Fsp3) is 0.333. The van der Waals surface area contributed by atoms with Gasteiger partial charge >= 0.3 is 5.97 Å². The molecule has 0 aliphatic carbocycles. The summed E-state index contributed by atoms with van der Waals surface area (Å²) in [7, 11) is 0. The number of ether oxygens (including phenoxy) is 1. The first-order chi connectivity index (χ1) is 11.8. The quantitative estimate of drug-likeness (QED) is 0.306. The Bertz CT molecular complexity index is 604. The lowest BCUT2D eigenvalue weighted by atomic mass is 10.1. The molecule has 0 saturated heterocycles. The summed E-state index contributed by atoms with van der Waals surface area (Å²) in [5, 5.41) is 4.23. The number of oxime groups is 1. The average molecular weight is 327 g/mol. The summed E-state index contributed by atoms with van der Waals surface area (Å²) >= 11 is 0. The molecule has 0 N–H and O–H groups in total. The van der Waals surface area contributed by atoms with Crippen LogP contribution in [0.3, 0.4) is 0 Å². The minimum Gasteiger partial charge on any atom is -0.466 e. The van der Waals surface area contributed by atoms with Gasteiger partial charge in [0.1, 0.15) is 18.6 Å². The molecule has 0 fully saturated rings. The van der Waals surface area contributed by atoms with Crippen molar-refractivity contribution in [1.29, 1.82) is 0 Å². The van der Waals surface area contributed by atoms with E-state index in [2.05, 4.69) is 15.1 Å². The third-order valence-electron chi connectivity index (χ3n) is 3.20. The van der Waals surface area contributed by atoms with Crippen LogP contribution in [-0.2, 0) is 14.4 Å². The first-order valence-corrected chi connectivity index (χ1v) is 7.98. The fourth-order valence-corrected chi connectivity index (χ4v) is 2.05. The predicted molar refractivity (Wildman–Crippen MR) is 90.5 cm³/mol. The molecule has 6 nitrogen and oxygen atoms in total. The van der Waals surface area contributed by atoms with Gasteiger partial charge in [-0.2, -0.15) is 0 Å². The molecule has 0 amide bonds. The number of esters is 1. The van der Waals surface area contributed by atoms with E-state index in [-0.39, 0.29) is 5.97 Å². The van der Waals surface area contributed by atoms with Gasteiger partial charge < -0.3 is 9.57 Å². The van der Waals surface area contributed by atoms with Crippen molar-refractivity contribution in [2.75, 3.05) is 13.2 Å². The second-order valence-corrected chi connectivity index (χ2v) is 5.00. The zero-order valence-corrected chi connectivity index (χ0v) is 13.7. The van der Waals surface area contributed by atoms with E-state index < -0.39 is 0 Å². The zero-order valence-electron chi connectivity index (χ0n) is 13.7. The van der Waals surface area contributed by atoms with Crippen molar-refractivity contribution in [2.24, 2.45) is 5.16 Å². The van der Waals surface area contributed by atoms with E-state index in [0.29, 0.717) is 37.5 Å². The lowest BCUT2D eigenvalue weighted by Crippen LogP contribution is -2.07. The van der Waals surface area contributed by atoms with E-state index >= 15 is 0 Å². The summed E-state index contributed by atoms with van der Waals surface area (Å²) in [6.45, 7) is 2.65. The monoisotopic (exact) mass is 327 g/mol. The van der Waals surface area contributed by atoms with Gasteiger partial charge in [-0.05, 0) is 25.8 Å². The van der Waals surface area contributed by atoms with Crippen LogP contribution in [0.5, 0.6) is 0 Å². The van der Waals surface area contributed by atoms with E-state index in [1.165, 1.54) is 6.33 Å². The summed E-state index contributed by atoms with van der Waals surface area (Å²) in [5.41, 5.74) is 2.27. The maximum Gasteiger partial charge on any atom is 0.305 e. The zero-order chi connectivity index (χ0) is 17.0. The smallest absolute Gasteiger partial charge is 0.305 e. The molecule has 1 aromatic heterocycles. The molecule has 0 spiro atoms. The van der Waals surface area contributed by atoms with Crippen molar-refractivity contribution < 1.29 is 14.4 Å². The number of unbranched alkanes of at least 4 members (excludes halogenated alkanes) is 1. The minimum absolute atomic E-state index is 0.174. The molecular weight excluding hydrogens is 306 g/mol. The van der Waals surface area contributed by atoms with Crippen LogP contribution in [0.1, 0.15) is 37.4 Å². The van der Waals surface area contributed by atoms with Gasteiger partial charge in [-0.25, -0.2) is 9.97 Å². The Labute approximate surface area is 141 Å². The second-order valence-electron chi connectivity index (χ2n) is 5.00.